The van der Waals surface area contributed by atoms with Crippen molar-refractivity contribution in [2.75, 3.05) is 5.32 Å². The number of para-hydroxylation sites is 2. The van der Waals surface area contributed by atoms with E-state index >= 15 is 0 Å². The molecule has 0 aliphatic rings. The summed E-state index contributed by atoms with van der Waals surface area (Å²) in [5, 5.41) is 2.63. The van der Waals surface area contributed by atoms with E-state index in [1.54, 1.807) is 42.5 Å². The molecule has 0 atom stereocenters. The zero-order valence-corrected chi connectivity index (χ0v) is 15.2. The lowest BCUT2D eigenvalue weighted by Crippen LogP contribution is -2.15. The van der Waals surface area contributed by atoms with E-state index in [2.05, 4.69) is 21.2 Å². The number of ether oxygens (including phenoxy) is 2. The number of anilines is 1. The van der Waals surface area contributed by atoms with E-state index < -0.39 is 5.97 Å². The first-order valence-corrected chi connectivity index (χ1v) is 8.21. The fourth-order valence-electron chi connectivity index (χ4n) is 2.02. The summed E-state index contributed by atoms with van der Waals surface area (Å²) in [5.41, 5.74) is 0.732. The topological polar surface area (TPSA) is 64.6 Å². The molecule has 126 valence electrons. The number of nitrogens with one attached hydrogen (secondary N) is 1. The molecule has 0 saturated carbocycles. The average molecular weight is 392 g/mol. The van der Waals surface area contributed by atoms with Crippen molar-refractivity contribution >= 4 is 33.5 Å². The molecule has 24 heavy (non-hydrogen) atoms. The first-order valence-electron chi connectivity index (χ1n) is 7.42. The van der Waals surface area contributed by atoms with Gasteiger partial charge in [-0.1, -0.05) is 28.1 Å². The van der Waals surface area contributed by atoms with Gasteiger partial charge in [-0.05, 0) is 44.2 Å². The van der Waals surface area contributed by atoms with Gasteiger partial charge in [0.2, 0.25) is 5.91 Å². The Morgan fingerprint density at radius 3 is 2.46 bits per heavy atom. The van der Waals surface area contributed by atoms with Crippen LogP contribution in [0.25, 0.3) is 0 Å². The van der Waals surface area contributed by atoms with Crippen LogP contribution in [0.5, 0.6) is 11.5 Å². The molecule has 0 bridgehead atoms. The van der Waals surface area contributed by atoms with Crippen molar-refractivity contribution in [1.29, 1.82) is 0 Å². The van der Waals surface area contributed by atoms with E-state index in [1.807, 2.05) is 13.8 Å². The molecule has 0 spiro atoms. The molecule has 0 aliphatic carbocycles. The summed E-state index contributed by atoms with van der Waals surface area (Å²) in [7, 11) is 0. The number of amides is 1. The van der Waals surface area contributed by atoms with Gasteiger partial charge >= 0.3 is 5.97 Å². The van der Waals surface area contributed by atoms with Crippen LogP contribution in [0.2, 0.25) is 0 Å². The average Bonchev–Trinajstić information content (AvgIpc) is 2.50. The molecule has 2 aromatic rings. The molecule has 0 fully saturated rings. The van der Waals surface area contributed by atoms with Gasteiger partial charge in [0.15, 0.2) is 5.75 Å². The van der Waals surface area contributed by atoms with E-state index in [0.717, 1.165) is 4.47 Å². The van der Waals surface area contributed by atoms with Crippen LogP contribution in [0.4, 0.5) is 5.69 Å². The number of carbonyl (C=O) groups excluding carboxylic acids is 2. The summed E-state index contributed by atoms with van der Waals surface area (Å²) < 4.78 is 11.9. The normalized spacial score (nSPS) is 10.4. The minimum Gasteiger partial charge on any atom is -0.490 e. The molecule has 2 rings (SSSR count). The maximum Gasteiger partial charge on any atom is 0.347 e. The van der Waals surface area contributed by atoms with Crippen LogP contribution in [0, 0.1) is 0 Å². The van der Waals surface area contributed by atoms with Gasteiger partial charge in [-0.3, -0.25) is 4.79 Å². The first kappa shape index (κ1) is 18.0. The van der Waals surface area contributed by atoms with Gasteiger partial charge in [-0.2, -0.15) is 0 Å². The summed E-state index contributed by atoms with van der Waals surface area (Å²) in [6.45, 7) is 5.15. The molecule has 0 radical (unpaired) electrons. The Labute approximate surface area is 149 Å². The molecular weight excluding hydrogens is 374 g/mol. The third kappa shape index (κ3) is 4.83. The van der Waals surface area contributed by atoms with Gasteiger partial charge in [0.25, 0.3) is 0 Å². The summed E-state index contributed by atoms with van der Waals surface area (Å²) in [4.78, 5) is 23.8. The van der Waals surface area contributed by atoms with E-state index in [1.165, 1.54) is 6.92 Å². The fourth-order valence-corrected chi connectivity index (χ4v) is 2.38. The highest BCUT2D eigenvalue weighted by Crippen LogP contribution is 2.28. The molecule has 2 aromatic carbocycles. The van der Waals surface area contributed by atoms with Crippen molar-refractivity contribution in [2.45, 2.75) is 26.9 Å². The molecule has 0 aromatic heterocycles. The fraction of sp³-hybridized carbons (Fsp3) is 0.222. The number of hydrogen-bond acceptors (Lipinski definition) is 4. The van der Waals surface area contributed by atoms with E-state index in [4.69, 9.17) is 9.47 Å². The Kier molecular flexibility index (Phi) is 5.98. The molecule has 5 nitrogen and oxygen atoms in total. The SMILES string of the molecule is CC(=O)Nc1ccccc1OC(=O)c1cc(Br)ccc1OC(C)C. The second-order valence-electron chi connectivity index (χ2n) is 5.37. The van der Waals surface area contributed by atoms with Crippen molar-refractivity contribution in [1.82, 2.24) is 0 Å². The predicted octanol–water partition coefficient (Wildman–Crippen LogP) is 4.41. The molecule has 6 heteroatoms. The molecule has 0 unspecified atom stereocenters. The molecule has 1 N–H and O–H groups in total. The van der Waals surface area contributed by atoms with Crippen LogP contribution in [-0.4, -0.2) is 18.0 Å². The number of rotatable bonds is 5. The Balaban J connectivity index is 2.30. The third-order valence-electron chi connectivity index (χ3n) is 2.92. The summed E-state index contributed by atoms with van der Waals surface area (Å²) in [6.07, 6.45) is -0.0793. The van der Waals surface area contributed by atoms with Crippen LogP contribution in [0.1, 0.15) is 31.1 Å². The maximum absolute atomic E-state index is 12.6. The summed E-state index contributed by atoms with van der Waals surface area (Å²) in [6, 6.07) is 11.9. The van der Waals surface area contributed by atoms with Gasteiger partial charge < -0.3 is 14.8 Å². The van der Waals surface area contributed by atoms with Gasteiger partial charge in [0, 0.05) is 11.4 Å². The standard InChI is InChI=1S/C18H18BrNO4/c1-11(2)23-16-9-8-13(19)10-14(16)18(22)24-17-7-5-4-6-15(17)20-12(3)21/h4-11H,1-3H3,(H,20,21). The van der Waals surface area contributed by atoms with Crippen LogP contribution in [0.3, 0.4) is 0 Å². The summed E-state index contributed by atoms with van der Waals surface area (Å²) >= 11 is 3.34. The molecule has 0 aliphatic heterocycles. The van der Waals surface area contributed by atoms with Crippen molar-refractivity contribution in [3.8, 4) is 11.5 Å². The van der Waals surface area contributed by atoms with Crippen LogP contribution in [0.15, 0.2) is 46.9 Å². The van der Waals surface area contributed by atoms with Gasteiger partial charge in [0.1, 0.15) is 11.3 Å². The van der Waals surface area contributed by atoms with Gasteiger partial charge in [-0.15, -0.1) is 0 Å². The summed E-state index contributed by atoms with van der Waals surface area (Å²) in [5.74, 6) is -0.0992. The number of esters is 1. The van der Waals surface area contributed by atoms with Crippen LogP contribution in [-0.2, 0) is 4.79 Å². The smallest absolute Gasteiger partial charge is 0.347 e. The van der Waals surface area contributed by atoms with Crippen molar-refractivity contribution in [3.05, 3.63) is 52.5 Å². The lowest BCUT2D eigenvalue weighted by Gasteiger charge is -2.15. The highest BCUT2D eigenvalue weighted by Gasteiger charge is 2.18. The largest absolute Gasteiger partial charge is 0.490 e. The number of hydrogen-bond donors (Lipinski definition) is 1. The van der Waals surface area contributed by atoms with Crippen LogP contribution < -0.4 is 14.8 Å². The molecule has 1 amide bonds. The zero-order chi connectivity index (χ0) is 17.7. The molecular formula is C18H18BrNO4. The first-order chi connectivity index (χ1) is 11.4. The lowest BCUT2D eigenvalue weighted by molar-refractivity contribution is -0.114. The van der Waals surface area contributed by atoms with Crippen molar-refractivity contribution in [2.24, 2.45) is 0 Å². The Morgan fingerprint density at radius 1 is 1.08 bits per heavy atom. The minimum atomic E-state index is -0.565. The van der Waals surface area contributed by atoms with Crippen molar-refractivity contribution in [3.63, 3.8) is 0 Å². The highest BCUT2D eigenvalue weighted by atomic mass is 79.9. The van der Waals surface area contributed by atoms with Gasteiger partial charge in [-0.25, -0.2) is 4.79 Å². The lowest BCUT2D eigenvalue weighted by atomic mass is 10.2. The molecule has 0 heterocycles. The molecule has 0 saturated heterocycles. The Bertz CT molecular complexity index is 758. The van der Waals surface area contributed by atoms with E-state index in [0.29, 0.717) is 17.0 Å². The third-order valence-corrected chi connectivity index (χ3v) is 3.42. The maximum atomic E-state index is 12.6. The zero-order valence-electron chi connectivity index (χ0n) is 13.6. The monoisotopic (exact) mass is 391 g/mol. The Morgan fingerprint density at radius 2 is 1.79 bits per heavy atom. The minimum absolute atomic E-state index is 0.0793. The van der Waals surface area contributed by atoms with Gasteiger partial charge in [0.05, 0.1) is 11.8 Å². The van der Waals surface area contributed by atoms with E-state index in [9.17, 15) is 9.59 Å². The highest BCUT2D eigenvalue weighted by molar-refractivity contribution is 9.10. The quantitative estimate of drug-likeness (QED) is 0.605. The number of halogens is 1. The van der Waals surface area contributed by atoms with Crippen LogP contribution >= 0.6 is 15.9 Å². The van der Waals surface area contributed by atoms with Crippen molar-refractivity contribution < 1.29 is 19.1 Å². The van der Waals surface area contributed by atoms with E-state index in [-0.39, 0.29) is 17.8 Å². The Hall–Kier alpha value is -2.34. The predicted molar refractivity (Wildman–Crippen MR) is 95.6 cm³/mol. The number of benzene rings is 2. The number of carbonyl (C=O) groups is 2. The second kappa shape index (κ2) is 7.97. The second-order valence-corrected chi connectivity index (χ2v) is 6.29.